The van der Waals surface area contributed by atoms with Crippen LogP contribution in [0, 0.1) is 5.92 Å². The number of halogens is 1. The minimum atomic E-state index is 0. The number of ether oxygens (including phenoxy) is 1. The normalized spacial score (nSPS) is 24.9. The molecule has 94 valence electrons. The molecule has 0 saturated carbocycles. The van der Waals surface area contributed by atoms with Crippen molar-refractivity contribution in [2.75, 3.05) is 19.7 Å². The molecule has 0 unspecified atom stereocenters. The Morgan fingerprint density at radius 2 is 1.94 bits per heavy atom. The van der Waals surface area contributed by atoms with Crippen LogP contribution in [0.25, 0.3) is 10.8 Å². The molecule has 0 aliphatic carbocycles. The number of hydrogen-bond acceptors (Lipinski definition) is 2. The van der Waals surface area contributed by atoms with Crippen LogP contribution in [0.5, 0.6) is 5.75 Å². The molecule has 2 atom stereocenters. The summed E-state index contributed by atoms with van der Waals surface area (Å²) < 4.78 is 5.91. The first-order chi connectivity index (χ1) is 8.43. The molecule has 2 aromatic rings. The van der Waals surface area contributed by atoms with Gasteiger partial charge in [0.25, 0.3) is 0 Å². The molecule has 1 fully saturated rings. The summed E-state index contributed by atoms with van der Waals surface area (Å²) in [6.45, 7) is 3.05. The minimum Gasteiger partial charge on any atom is -0.493 e. The molecule has 2 aliphatic heterocycles. The van der Waals surface area contributed by atoms with E-state index in [9.17, 15) is 0 Å². The van der Waals surface area contributed by atoms with E-state index in [-0.39, 0.29) is 12.4 Å². The fraction of sp³-hybridized carbons (Fsp3) is 0.333. The lowest BCUT2D eigenvalue weighted by molar-refractivity contribution is 0.221. The van der Waals surface area contributed by atoms with Crippen LogP contribution in [-0.4, -0.2) is 19.7 Å². The fourth-order valence-electron chi connectivity index (χ4n) is 3.23. The van der Waals surface area contributed by atoms with E-state index in [1.54, 1.807) is 0 Å². The summed E-state index contributed by atoms with van der Waals surface area (Å²) in [6.07, 6.45) is 0. The monoisotopic (exact) mass is 261 g/mol. The summed E-state index contributed by atoms with van der Waals surface area (Å²) in [5, 5.41) is 6.18. The van der Waals surface area contributed by atoms with Crippen LogP contribution in [0.1, 0.15) is 11.5 Å². The second-order valence-corrected chi connectivity index (χ2v) is 5.03. The fourth-order valence-corrected chi connectivity index (χ4v) is 3.23. The van der Waals surface area contributed by atoms with Crippen LogP contribution in [0.3, 0.4) is 0 Å². The lowest BCUT2D eigenvalue weighted by Gasteiger charge is -2.29. The predicted octanol–water partition coefficient (Wildman–Crippen LogP) is 2.96. The summed E-state index contributed by atoms with van der Waals surface area (Å²) in [5.41, 5.74) is 1.42. The Hall–Kier alpha value is -1.25. The third-order valence-corrected chi connectivity index (χ3v) is 4.09. The molecule has 2 aromatic carbocycles. The van der Waals surface area contributed by atoms with E-state index in [4.69, 9.17) is 4.74 Å². The van der Waals surface area contributed by atoms with Crippen molar-refractivity contribution in [2.24, 2.45) is 5.92 Å². The van der Waals surface area contributed by atoms with E-state index in [1.165, 1.54) is 16.3 Å². The SMILES string of the molecule is Cl.c1ccc2c3c(ccc2c1)OC[C@H]1CNC[C@H]31. The zero-order valence-corrected chi connectivity index (χ0v) is 10.9. The largest absolute Gasteiger partial charge is 0.493 e. The second kappa shape index (κ2) is 4.45. The standard InChI is InChI=1S/C15H15NO.ClH/c1-2-4-12-10(3-1)5-6-14-15(12)13-8-16-7-11(13)9-17-14;/h1-6,11,13,16H,7-9H2;1H/t11-,13+;/m1./s1. The second-order valence-electron chi connectivity index (χ2n) is 5.03. The van der Waals surface area contributed by atoms with Gasteiger partial charge in [0.2, 0.25) is 0 Å². The van der Waals surface area contributed by atoms with Crippen LogP contribution in [0.4, 0.5) is 0 Å². The van der Waals surface area contributed by atoms with Gasteiger partial charge in [0.1, 0.15) is 5.75 Å². The topological polar surface area (TPSA) is 21.3 Å². The molecule has 1 N–H and O–H groups in total. The van der Waals surface area contributed by atoms with Crippen molar-refractivity contribution in [1.82, 2.24) is 5.32 Å². The van der Waals surface area contributed by atoms with Gasteiger partial charge in [0, 0.05) is 30.5 Å². The van der Waals surface area contributed by atoms with Gasteiger partial charge >= 0.3 is 0 Å². The summed E-state index contributed by atoms with van der Waals surface area (Å²) in [4.78, 5) is 0. The van der Waals surface area contributed by atoms with Gasteiger partial charge in [0.15, 0.2) is 0 Å². The van der Waals surface area contributed by atoms with Crippen molar-refractivity contribution in [2.45, 2.75) is 5.92 Å². The van der Waals surface area contributed by atoms with Gasteiger partial charge in [-0.25, -0.2) is 0 Å². The lowest BCUT2D eigenvalue weighted by atomic mass is 9.84. The van der Waals surface area contributed by atoms with E-state index in [0.717, 1.165) is 25.4 Å². The highest BCUT2D eigenvalue weighted by Crippen LogP contribution is 2.42. The van der Waals surface area contributed by atoms with E-state index >= 15 is 0 Å². The lowest BCUT2D eigenvalue weighted by Crippen LogP contribution is -2.24. The van der Waals surface area contributed by atoms with Gasteiger partial charge in [0.05, 0.1) is 6.61 Å². The van der Waals surface area contributed by atoms with Crippen LogP contribution >= 0.6 is 12.4 Å². The molecule has 18 heavy (non-hydrogen) atoms. The first kappa shape index (κ1) is 11.8. The molecule has 1 saturated heterocycles. The Kier molecular flexibility index (Phi) is 2.92. The average Bonchev–Trinajstić information content (AvgIpc) is 2.86. The molecule has 0 bridgehead atoms. The minimum absolute atomic E-state index is 0. The first-order valence-corrected chi connectivity index (χ1v) is 6.28. The van der Waals surface area contributed by atoms with Crippen LogP contribution in [-0.2, 0) is 0 Å². The van der Waals surface area contributed by atoms with E-state index in [0.29, 0.717) is 11.8 Å². The zero-order valence-electron chi connectivity index (χ0n) is 10.1. The molecule has 2 heterocycles. The maximum absolute atomic E-state index is 5.91. The Balaban J connectivity index is 0.000001000. The predicted molar refractivity (Wildman–Crippen MR) is 75.8 cm³/mol. The van der Waals surface area contributed by atoms with Crippen LogP contribution < -0.4 is 10.1 Å². The molecule has 4 rings (SSSR count). The molecule has 2 aliphatic rings. The summed E-state index contributed by atoms with van der Waals surface area (Å²) in [5.74, 6) is 2.37. The molecular weight excluding hydrogens is 246 g/mol. The summed E-state index contributed by atoms with van der Waals surface area (Å²) in [7, 11) is 0. The molecule has 0 amide bonds. The van der Waals surface area contributed by atoms with Gasteiger partial charge in [-0.1, -0.05) is 30.3 Å². The third-order valence-electron chi connectivity index (χ3n) is 4.09. The van der Waals surface area contributed by atoms with Crippen molar-refractivity contribution in [3.63, 3.8) is 0 Å². The van der Waals surface area contributed by atoms with E-state index in [2.05, 4.69) is 41.7 Å². The van der Waals surface area contributed by atoms with Crippen molar-refractivity contribution < 1.29 is 4.74 Å². The van der Waals surface area contributed by atoms with Crippen LogP contribution in [0.2, 0.25) is 0 Å². The molecular formula is C15H16ClNO. The van der Waals surface area contributed by atoms with E-state index < -0.39 is 0 Å². The van der Waals surface area contributed by atoms with Crippen LogP contribution in [0.15, 0.2) is 36.4 Å². The van der Waals surface area contributed by atoms with Crippen molar-refractivity contribution in [1.29, 1.82) is 0 Å². The third kappa shape index (κ3) is 1.60. The van der Waals surface area contributed by atoms with Gasteiger partial charge in [-0.2, -0.15) is 0 Å². The van der Waals surface area contributed by atoms with Gasteiger partial charge in [-0.3, -0.25) is 0 Å². The highest BCUT2D eigenvalue weighted by molar-refractivity contribution is 5.88. The quantitative estimate of drug-likeness (QED) is 0.787. The number of hydrogen-bond donors (Lipinski definition) is 1. The zero-order chi connectivity index (χ0) is 11.2. The molecule has 3 heteroatoms. The number of nitrogens with one attached hydrogen (secondary N) is 1. The maximum atomic E-state index is 5.91. The Labute approximate surface area is 113 Å². The molecule has 0 aromatic heterocycles. The summed E-state index contributed by atoms with van der Waals surface area (Å²) in [6, 6.07) is 12.9. The highest BCUT2D eigenvalue weighted by Gasteiger charge is 2.35. The number of rotatable bonds is 0. The van der Waals surface area contributed by atoms with E-state index in [1.807, 2.05) is 0 Å². The number of fused-ring (bicyclic) bond motifs is 5. The number of benzene rings is 2. The van der Waals surface area contributed by atoms with Gasteiger partial charge < -0.3 is 10.1 Å². The molecule has 0 spiro atoms. The first-order valence-electron chi connectivity index (χ1n) is 6.28. The molecule has 0 radical (unpaired) electrons. The Bertz CT molecular complexity index is 584. The average molecular weight is 262 g/mol. The van der Waals surface area contributed by atoms with Gasteiger partial charge in [-0.15, -0.1) is 12.4 Å². The summed E-state index contributed by atoms with van der Waals surface area (Å²) >= 11 is 0. The Morgan fingerprint density at radius 1 is 1.06 bits per heavy atom. The highest BCUT2D eigenvalue weighted by atomic mass is 35.5. The van der Waals surface area contributed by atoms with Crippen molar-refractivity contribution in [3.05, 3.63) is 42.0 Å². The van der Waals surface area contributed by atoms with Crippen molar-refractivity contribution >= 4 is 23.2 Å². The molecule has 2 nitrogen and oxygen atoms in total. The smallest absolute Gasteiger partial charge is 0.123 e. The maximum Gasteiger partial charge on any atom is 0.123 e. The van der Waals surface area contributed by atoms with Gasteiger partial charge in [-0.05, 0) is 16.8 Å². The Morgan fingerprint density at radius 3 is 2.89 bits per heavy atom. The van der Waals surface area contributed by atoms with Crippen molar-refractivity contribution in [3.8, 4) is 5.75 Å².